The van der Waals surface area contributed by atoms with Gasteiger partial charge in [0.05, 0.1) is 4.92 Å². The van der Waals surface area contributed by atoms with Crippen LogP contribution >= 0.6 is 11.6 Å². The average Bonchev–Trinajstić information content (AvgIpc) is 3.22. The molecule has 154 valence electrons. The zero-order valence-corrected chi connectivity index (χ0v) is 16.8. The first-order valence-electron chi connectivity index (χ1n) is 9.42. The molecule has 9 nitrogen and oxygen atoms in total. The number of aromatic nitrogens is 3. The number of anilines is 1. The van der Waals surface area contributed by atoms with E-state index in [0.717, 1.165) is 18.8 Å². The van der Waals surface area contributed by atoms with E-state index in [4.69, 9.17) is 11.6 Å². The number of non-ortho nitro benzene ring substituents is 1. The Morgan fingerprint density at radius 1 is 1.10 bits per heavy atom. The molecule has 3 aromatic rings. The van der Waals surface area contributed by atoms with Gasteiger partial charge in [0.25, 0.3) is 5.69 Å². The Morgan fingerprint density at radius 2 is 1.83 bits per heavy atom. The van der Waals surface area contributed by atoms with Gasteiger partial charge in [-0.15, -0.1) is 0 Å². The number of hydrogen-bond acceptors (Lipinski definition) is 6. The van der Waals surface area contributed by atoms with E-state index in [1.54, 1.807) is 12.1 Å². The second-order valence-electron chi connectivity index (χ2n) is 6.92. The van der Waals surface area contributed by atoms with Gasteiger partial charge in [-0.25, -0.2) is 9.67 Å². The maximum Gasteiger partial charge on any atom is 0.269 e. The fourth-order valence-corrected chi connectivity index (χ4v) is 3.55. The summed E-state index contributed by atoms with van der Waals surface area (Å²) in [5.41, 5.74) is 1.71. The van der Waals surface area contributed by atoms with Gasteiger partial charge in [0.2, 0.25) is 5.91 Å². The predicted octanol–water partition coefficient (Wildman–Crippen LogP) is 2.86. The minimum absolute atomic E-state index is 0.00489. The van der Waals surface area contributed by atoms with Crippen LogP contribution in [0.5, 0.6) is 0 Å². The lowest BCUT2D eigenvalue weighted by molar-refractivity contribution is -0.384. The van der Waals surface area contributed by atoms with Crippen molar-refractivity contribution in [3.05, 3.63) is 70.0 Å². The first kappa shape index (κ1) is 19.8. The van der Waals surface area contributed by atoms with E-state index in [2.05, 4.69) is 15.0 Å². The minimum atomic E-state index is -0.458. The second kappa shape index (κ2) is 8.50. The van der Waals surface area contributed by atoms with E-state index in [9.17, 15) is 14.9 Å². The fraction of sp³-hybridized carbons (Fsp3) is 0.250. The zero-order chi connectivity index (χ0) is 21.1. The summed E-state index contributed by atoms with van der Waals surface area (Å²) < 4.78 is 1.49. The number of nitro groups is 1. The van der Waals surface area contributed by atoms with Gasteiger partial charge in [-0.1, -0.05) is 17.7 Å². The summed E-state index contributed by atoms with van der Waals surface area (Å²) in [5, 5.41) is 15.8. The highest BCUT2D eigenvalue weighted by atomic mass is 35.5. The van der Waals surface area contributed by atoms with Crippen molar-refractivity contribution in [2.24, 2.45) is 0 Å². The topological polar surface area (TPSA) is 97.4 Å². The van der Waals surface area contributed by atoms with E-state index in [0.29, 0.717) is 29.5 Å². The van der Waals surface area contributed by atoms with Crippen LogP contribution in [0, 0.1) is 10.1 Å². The van der Waals surface area contributed by atoms with Gasteiger partial charge in [-0.05, 0) is 30.3 Å². The molecule has 0 atom stereocenters. The number of halogens is 1. The highest BCUT2D eigenvalue weighted by Gasteiger charge is 2.22. The molecule has 1 fully saturated rings. The van der Waals surface area contributed by atoms with Crippen LogP contribution in [0.4, 0.5) is 11.4 Å². The van der Waals surface area contributed by atoms with Gasteiger partial charge in [0.15, 0.2) is 5.82 Å². The number of hydrogen-bond donors (Lipinski definition) is 0. The van der Waals surface area contributed by atoms with E-state index in [-0.39, 0.29) is 18.1 Å². The molecule has 1 aliphatic rings. The van der Waals surface area contributed by atoms with Crippen LogP contribution < -0.4 is 4.90 Å². The molecule has 0 radical (unpaired) electrons. The third-order valence-electron chi connectivity index (χ3n) is 4.98. The molecule has 2 heterocycles. The van der Waals surface area contributed by atoms with Gasteiger partial charge < -0.3 is 9.80 Å². The first-order chi connectivity index (χ1) is 14.5. The molecule has 0 spiro atoms. The van der Waals surface area contributed by atoms with Crippen LogP contribution in [0.2, 0.25) is 5.02 Å². The summed E-state index contributed by atoms with van der Waals surface area (Å²) in [6, 6.07) is 13.7. The Hall–Kier alpha value is -3.46. The summed E-state index contributed by atoms with van der Waals surface area (Å²) in [5.74, 6) is 0.393. The third-order valence-corrected chi connectivity index (χ3v) is 5.21. The van der Waals surface area contributed by atoms with E-state index < -0.39 is 4.92 Å². The van der Waals surface area contributed by atoms with Crippen molar-refractivity contribution in [1.29, 1.82) is 0 Å². The largest absolute Gasteiger partial charge is 0.368 e. The monoisotopic (exact) mass is 426 g/mol. The van der Waals surface area contributed by atoms with Crippen LogP contribution in [-0.2, 0) is 11.3 Å². The quantitative estimate of drug-likeness (QED) is 0.459. The summed E-state index contributed by atoms with van der Waals surface area (Å²) in [6.45, 7) is 2.80. The Kier molecular flexibility index (Phi) is 5.62. The van der Waals surface area contributed by atoms with Crippen LogP contribution in [0.15, 0.2) is 54.9 Å². The van der Waals surface area contributed by atoms with Crippen LogP contribution in [0.3, 0.4) is 0 Å². The zero-order valence-electron chi connectivity index (χ0n) is 16.0. The Balaban J connectivity index is 1.34. The Morgan fingerprint density at radius 3 is 2.50 bits per heavy atom. The molecule has 0 aliphatic carbocycles. The molecular weight excluding hydrogens is 408 g/mol. The number of nitro benzene ring substituents is 1. The molecule has 0 N–H and O–H groups in total. The lowest BCUT2D eigenvalue weighted by Crippen LogP contribution is -2.49. The van der Waals surface area contributed by atoms with Gasteiger partial charge in [0, 0.05) is 54.6 Å². The molecule has 4 rings (SSSR count). The Bertz CT molecular complexity index is 1060. The SMILES string of the molecule is O=C(Cn1cnc(-c2ccc([N+](=O)[O-])cc2)n1)N1CCN(c2cccc(Cl)c2)CC1. The van der Waals surface area contributed by atoms with Crippen molar-refractivity contribution < 1.29 is 9.72 Å². The van der Waals surface area contributed by atoms with Crippen LogP contribution in [0.25, 0.3) is 11.4 Å². The number of carbonyl (C=O) groups is 1. The number of amides is 1. The maximum absolute atomic E-state index is 12.7. The fourth-order valence-electron chi connectivity index (χ4n) is 3.36. The molecule has 1 aromatic heterocycles. The standard InChI is InChI=1S/C20H19ClN6O3/c21-16-2-1-3-18(12-16)24-8-10-25(11-9-24)19(28)13-26-14-22-20(23-26)15-4-6-17(7-5-15)27(29)30/h1-7,12,14H,8-11,13H2. The molecule has 1 aliphatic heterocycles. The molecule has 1 amide bonds. The second-order valence-corrected chi connectivity index (χ2v) is 7.35. The van der Waals surface area contributed by atoms with Crippen molar-refractivity contribution >= 4 is 28.9 Å². The number of nitrogens with zero attached hydrogens (tertiary/aromatic N) is 6. The molecule has 30 heavy (non-hydrogen) atoms. The molecule has 2 aromatic carbocycles. The van der Waals surface area contributed by atoms with Crippen molar-refractivity contribution in [3.63, 3.8) is 0 Å². The molecule has 0 unspecified atom stereocenters. The summed E-state index contributed by atoms with van der Waals surface area (Å²) in [7, 11) is 0. The molecule has 0 saturated carbocycles. The van der Waals surface area contributed by atoms with Crippen molar-refractivity contribution in [2.75, 3.05) is 31.1 Å². The predicted molar refractivity (Wildman–Crippen MR) is 112 cm³/mol. The highest BCUT2D eigenvalue weighted by molar-refractivity contribution is 6.30. The normalized spacial score (nSPS) is 14.0. The average molecular weight is 427 g/mol. The van der Waals surface area contributed by atoms with Crippen LogP contribution in [-0.4, -0.2) is 56.7 Å². The van der Waals surface area contributed by atoms with Crippen molar-refractivity contribution in [2.45, 2.75) is 6.54 Å². The van der Waals surface area contributed by atoms with Gasteiger partial charge in [-0.3, -0.25) is 14.9 Å². The number of rotatable bonds is 5. The minimum Gasteiger partial charge on any atom is -0.368 e. The summed E-state index contributed by atoms with van der Waals surface area (Å²) >= 11 is 6.06. The lowest BCUT2D eigenvalue weighted by Gasteiger charge is -2.36. The van der Waals surface area contributed by atoms with Crippen molar-refractivity contribution in [1.82, 2.24) is 19.7 Å². The maximum atomic E-state index is 12.7. The van der Waals surface area contributed by atoms with Crippen molar-refractivity contribution in [3.8, 4) is 11.4 Å². The van der Waals surface area contributed by atoms with E-state index >= 15 is 0 Å². The van der Waals surface area contributed by atoms with E-state index in [1.165, 1.54) is 23.1 Å². The van der Waals surface area contributed by atoms with Gasteiger partial charge in [0.1, 0.15) is 12.9 Å². The van der Waals surface area contributed by atoms with Gasteiger partial charge >= 0.3 is 0 Å². The molecule has 0 bridgehead atoms. The number of benzene rings is 2. The smallest absolute Gasteiger partial charge is 0.269 e. The Labute approximate surface area is 177 Å². The number of carbonyl (C=O) groups excluding carboxylic acids is 1. The molecular formula is C20H19ClN6O3. The van der Waals surface area contributed by atoms with Crippen LogP contribution in [0.1, 0.15) is 0 Å². The first-order valence-corrected chi connectivity index (χ1v) is 9.80. The lowest BCUT2D eigenvalue weighted by atomic mass is 10.2. The molecule has 10 heteroatoms. The molecule has 1 saturated heterocycles. The third kappa shape index (κ3) is 4.41. The van der Waals surface area contributed by atoms with Gasteiger partial charge in [-0.2, -0.15) is 5.10 Å². The summed E-state index contributed by atoms with van der Waals surface area (Å²) in [4.78, 5) is 31.2. The van der Waals surface area contributed by atoms with E-state index in [1.807, 2.05) is 29.2 Å². The number of piperazine rings is 1. The summed E-state index contributed by atoms with van der Waals surface area (Å²) in [6.07, 6.45) is 1.50. The highest BCUT2D eigenvalue weighted by Crippen LogP contribution is 2.21.